The fraction of sp³-hybridized carbons (Fsp3) is 0.700. The van der Waals surface area contributed by atoms with Gasteiger partial charge in [0.25, 0.3) is 0 Å². The third kappa shape index (κ3) is 2.23. The summed E-state index contributed by atoms with van der Waals surface area (Å²) in [4.78, 5) is 0. The van der Waals surface area contributed by atoms with Crippen molar-refractivity contribution in [2.24, 2.45) is 13.0 Å². The summed E-state index contributed by atoms with van der Waals surface area (Å²) >= 11 is 0. The van der Waals surface area contributed by atoms with Crippen LogP contribution in [-0.4, -0.2) is 15.8 Å². The van der Waals surface area contributed by atoms with Crippen molar-refractivity contribution in [3.63, 3.8) is 0 Å². The van der Waals surface area contributed by atoms with Gasteiger partial charge >= 0.3 is 0 Å². The highest BCUT2D eigenvalue weighted by Gasteiger charge is 2.23. The van der Waals surface area contributed by atoms with Gasteiger partial charge in [-0.05, 0) is 19.3 Å². The second kappa shape index (κ2) is 3.40. The summed E-state index contributed by atoms with van der Waals surface area (Å²) in [5.74, 6) is 2.10. The molecule has 2 rings (SSSR count). The summed E-state index contributed by atoms with van der Waals surface area (Å²) in [6.45, 7) is 2.24. The van der Waals surface area contributed by atoms with Crippen LogP contribution in [0.5, 0.6) is 0 Å². The first kappa shape index (κ1) is 8.60. The lowest BCUT2D eigenvalue weighted by Gasteiger charge is -2.14. The summed E-state index contributed by atoms with van der Waals surface area (Å²) < 4.78 is 1.88. The molecule has 1 saturated carbocycles. The lowest BCUT2D eigenvalue weighted by molar-refractivity contribution is 0.631. The zero-order valence-electron chi connectivity index (χ0n) is 8.33. The second-order valence-electron chi connectivity index (χ2n) is 4.06. The molecule has 72 valence electrons. The van der Waals surface area contributed by atoms with Crippen LogP contribution in [-0.2, 0) is 7.05 Å². The zero-order valence-corrected chi connectivity index (χ0v) is 8.33. The molecule has 0 radical (unpaired) electrons. The van der Waals surface area contributed by atoms with Gasteiger partial charge in [0.05, 0.1) is 6.20 Å². The molecule has 1 aromatic rings. The molecule has 0 amide bonds. The normalized spacial score (nSPS) is 18.6. The quantitative estimate of drug-likeness (QED) is 0.766. The number of nitrogens with one attached hydrogen (secondary N) is 1. The van der Waals surface area contributed by atoms with E-state index in [0.29, 0.717) is 6.04 Å². The van der Waals surface area contributed by atoms with Crippen molar-refractivity contribution < 1.29 is 0 Å². The molecule has 0 aromatic carbocycles. The minimum absolute atomic E-state index is 0.572. The number of nitrogens with zero attached hydrogens (tertiary/aromatic N) is 2. The minimum atomic E-state index is 0.572. The molecule has 3 heteroatoms. The minimum Gasteiger partial charge on any atom is -0.368 e. The van der Waals surface area contributed by atoms with Crippen molar-refractivity contribution in [2.75, 3.05) is 5.32 Å². The van der Waals surface area contributed by atoms with Gasteiger partial charge in [0.1, 0.15) is 5.82 Å². The van der Waals surface area contributed by atoms with E-state index in [1.165, 1.54) is 19.3 Å². The van der Waals surface area contributed by atoms with Crippen LogP contribution in [0.15, 0.2) is 12.3 Å². The molecule has 0 bridgehead atoms. The first-order valence-corrected chi connectivity index (χ1v) is 5.00. The molecule has 0 aliphatic heterocycles. The van der Waals surface area contributed by atoms with E-state index in [1.807, 2.05) is 24.0 Å². The number of hydrogen-bond acceptors (Lipinski definition) is 2. The predicted octanol–water partition coefficient (Wildman–Crippen LogP) is 2.02. The Labute approximate surface area is 79.1 Å². The molecular formula is C10H17N3. The maximum absolute atomic E-state index is 4.12. The van der Waals surface area contributed by atoms with Crippen molar-refractivity contribution in [3.8, 4) is 0 Å². The van der Waals surface area contributed by atoms with Crippen molar-refractivity contribution in [2.45, 2.75) is 32.2 Å². The maximum atomic E-state index is 4.12. The monoisotopic (exact) mass is 179 g/mol. The third-order valence-electron chi connectivity index (χ3n) is 2.60. The summed E-state index contributed by atoms with van der Waals surface area (Å²) in [7, 11) is 1.96. The van der Waals surface area contributed by atoms with Gasteiger partial charge in [0.15, 0.2) is 0 Å². The second-order valence-corrected chi connectivity index (χ2v) is 4.06. The van der Waals surface area contributed by atoms with Crippen molar-refractivity contribution in [3.05, 3.63) is 12.3 Å². The van der Waals surface area contributed by atoms with Crippen LogP contribution < -0.4 is 5.32 Å². The number of aromatic nitrogens is 2. The van der Waals surface area contributed by atoms with Gasteiger partial charge in [0.2, 0.25) is 0 Å². The Morgan fingerprint density at radius 2 is 2.46 bits per heavy atom. The Morgan fingerprint density at radius 1 is 1.69 bits per heavy atom. The van der Waals surface area contributed by atoms with E-state index in [2.05, 4.69) is 17.3 Å². The molecule has 1 atom stereocenters. The van der Waals surface area contributed by atoms with Gasteiger partial charge in [-0.3, -0.25) is 4.68 Å². The van der Waals surface area contributed by atoms with Crippen LogP contribution in [0.4, 0.5) is 5.82 Å². The van der Waals surface area contributed by atoms with E-state index in [4.69, 9.17) is 0 Å². The van der Waals surface area contributed by atoms with Crippen LogP contribution >= 0.6 is 0 Å². The molecule has 1 unspecified atom stereocenters. The number of rotatable bonds is 4. The molecule has 1 aliphatic rings. The smallest absolute Gasteiger partial charge is 0.124 e. The average Bonchev–Trinajstić information content (AvgIpc) is 2.79. The Hall–Kier alpha value is -0.990. The summed E-state index contributed by atoms with van der Waals surface area (Å²) in [6.07, 6.45) is 5.98. The van der Waals surface area contributed by atoms with Gasteiger partial charge in [-0.25, -0.2) is 0 Å². The Kier molecular flexibility index (Phi) is 2.25. The highest BCUT2D eigenvalue weighted by atomic mass is 15.3. The molecule has 0 saturated heterocycles. The van der Waals surface area contributed by atoms with Crippen molar-refractivity contribution >= 4 is 5.82 Å². The lowest BCUT2D eigenvalue weighted by Crippen LogP contribution is -2.17. The number of hydrogen-bond donors (Lipinski definition) is 1. The van der Waals surface area contributed by atoms with Crippen LogP contribution in [0.1, 0.15) is 26.2 Å². The third-order valence-corrected chi connectivity index (χ3v) is 2.60. The van der Waals surface area contributed by atoms with Gasteiger partial charge in [-0.1, -0.05) is 12.8 Å². The Balaban J connectivity index is 1.85. The van der Waals surface area contributed by atoms with E-state index in [0.717, 1.165) is 11.7 Å². The first-order chi connectivity index (χ1) is 6.25. The summed E-state index contributed by atoms with van der Waals surface area (Å²) in [5.41, 5.74) is 0. The largest absolute Gasteiger partial charge is 0.368 e. The van der Waals surface area contributed by atoms with Crippen molar-refractivity contribution in [1.29, 1.82) is 0 Å². The van der Waals surface area contributed by atoms with E-state index in [-0.39, 0.29) is 0 Å². The number of aryl methyl sites for hydroxylation is 1. The van der Waals surface area contributed by atoms with Gasteiger partial charge in [-0.15, -0.1) is 0 Å². The molecule has 1 N–H and O–H groups in total. The van der Waals surface area contributed by atoms with E-state index in [1.54, 1.807) is 0 Å². The van der Waals surface area contributed by atoms with Gasteiger partial charge in [0, 0.05) is 19.2 Å². The molecule has 1 aromatic heterocycles. The Morgan fingerprint density at radius 3 is 3.00 bits per heavy atom. The van der Waals surface area contributed by atoms with E-state index >= 15 is 0 Å². The van der Waals surface area contributed by atoms with Gasteiger partial charge < -0.3 is 5.32 Å². The zero-order chi connectivity index (χ0) is 9.26. The fourth-order valence-electron chi connectivity index (χ4n) is 1.68. The molecule has 3 nitrogen and oxygen atoms in total. The molecule has 1 aliphatic carbocycles. The maximum Gasteiger partial charge on any atom is 0.124 e. The van der Waals surface area contributed by atoms with Crippen LogP contribution in [0.25, 0.3) is 0 Å². The molecular weight excluding hydrogens is 162 g/mol. The molecule has 13 heavy (non-hydrogen) atoms. The highest BCUT2D eigenvalue weighted by molar-refractivity contribution is 5.34. The predicted molar refractivity (Wildman–Crippen MR) is 53.6 cm³/mol. The first-order valence-electron chi connectivity index (χ1n) is 5.00. The van der Waals surface area contributed by atoms with E-state index < -0.39 is 0 Å². The molecule has 1 fully saturated rings. The standard InChI is InChI=1S/C10H17N3/c1-8(7-9-3-4-9)12-10-5-6-11-13(10)2/h5-6,8-9,12H,3-4,7H2,1-2H3. The summed E-state index contributed by atoms with van der Waals surface area (Å²) in [6, 6.07) is 2.59. The molecule has 0 spiro atoms. The highest BCUT2D eigenvalue weighted by Crippen LogP contribution is 2.33. The lowest BCUT2D eigenvalue weighted by atomic mass is 10.1. The topological polar surface area (TPSA) is 29.9 Å². The van der Waals surface area contributed by atoms with E-state index in [9.17, 15) is 0 Å². The SMILES string of the molecule is CC(CC1CC1)Nc1ccnn1C. The van der Waals surface area contributed by atoms with Crippen LogP contribution in [0.2, 0.25) is 0 Å². The average molecular weight is 179 g/mol. The van der Waals surface area contributed by atoms with Crippen LogP contribution in [0, 0.1) is 5.92 Å². The van der Waals surface area contributed by atoms with Gasteiger partial charge in [-0.2, -0.15) is 5.10 Å². The van der Waals surface area contributed by atoms with Crippen molar-refractivity contribution in [1.82, 2.24) is 9.78 Å². The number of anilines is 1. The van der Waals surface area contributed by atoms with Crippen LogP contribution in [0.3, 0.4) is 0 Å². The Bertz CT molecular complexity index is 275. The summed E-state index contributed by atoms with van der Waals surface area (Å²) in [5, 5.41) is 7.58. The molecule has 1 heterocycles. The fourth-order valence-corrected chi connectivity index (χ4v) is 1.68.